The third-order valence-corrected chi connectivity index (χ3v) is 3.78. The fourth-order valence-corrected chi connectivity index (χ4v) is 2.04. The zero-order chi connectivity index (χ0) is 14.1. The quantitative estimate of drug-likeness (QED) is 0.568. The van der Waals surface area contributed by atoms with Gasteiger partial charge in [-0.15, -0.1) is 11.8 Å². The van der Waals surface area contributed by atoms with Gasteiger partial charge in [0.25, 0.3) is 0 Å². The molecule has 1 aromatic carbocycles. The molecule has 0 fully saturated rings. The number of carbonyl (C=O) groups is 1. The summed E-state index contributed by atoms with van der Waals surface area (Å²) < 4.78 is 0. The van der Waals surface area contributed by atoms with E-state index in [4.69, 9.17) is 0 Å². The van der Waals surface area contributed by atoms with Crippen molar-refractivity contribution in [3.63, 3.8) is 0 Å². The van der Waals surface area contributed by atoms with Gasteiger partial charge in [0.15, 0.2) is 0 Å². The Hall–Kier alpha value is -1.00. The molecule has 1 rings (SSSR count). The number of hydrogen-bond acceptors (Lipinski definition) is 3. The predicted octanol–water partition coefficient (Wildman–Crippen LogP) is 2.80. The fraction of sp³-hybridized carbons (Fsp3) is 0.533. The molecule has 0 aliphatic heterocycles. The van der Waals surface area contributed by atoms with Gasteiger partial charge < -0.3 is 10.6 Å². The van der Waals surface area contributed by atoms with Crippen LogP contribution in [-0.4, -0.2) is 24.7 Å². The lowest BCUT2D eigenvalue weighted by Gasteiger charge is -2.11. The smallest absolute Gasteiger partial charge is 0.221 e. The van der Waals surface area contributed by atoms with E-state index in [2.05, 4.69) is 48.1 Å². The van der Waals surface area contributed by atoms with Gasteiger partial charge in [0, 0.05) is 30.4 Å². The molecule has 1 unspecified atom stereocenters. The van der Waals surface area contributed by atoms with Crippen LogP contribution in [0.15, 0.2) is 29.2 Å². The van der Waals surface area contributed by atoms with Crippen LogP contribution in [0.1, 0.15) is 32.3 Å². The molecule has 1 amide bonds. The number of benzene rings is 1. The number of rotatable bonds is 8. The van der Waals surface area contributed by atoms with Gasteiger partial charge in [0.1, 0.15) is 0 Å². The van der Waals surface area contributed by atoms with Crippen LogP contribution in [0.4, 0.5) is 0 Å². The lowest BCUT2D eigenvalue weighted by molar-refractivity contribution is -0.121. The summed E-state index contributed by atoms with van der Waals surface area (Å²) in [7, 11) is 0. The Kier molecular flexibility index (Phi) is 7.60. The van der Waals surface area contributed by atoms with Gasteiger partial charge in [0.2, 0.25) is 5.91 Å². The number of thioether (sulfide) groups is 1. The highest BCUT2D eigenvalue weighted by atomic mass is 32.2. The topological polar surface area (TPSA) is 41.1 Å². The average Bonchev–Trinajstić information content (AvgIpc) is 2.44. The van der Waals surface area contributed by atoms with Crippen molar-refractivity contribution in [3.05, 3.63) is 29.8 Å². The van der Waals surface area contributed by atoms with Crippen LogP contribution in [0.3, 0.4) is 0 Å². The van der Waals surface area contributed by atoms with Crippen LogP contribution in [0.5, 0.6) is 0 Å². The van der Waals surface area contributed by atoms with Crippen molar-refractivity contribution in [1.29, 1.82) is 0 Å². The Balaban J connectivity index is 2.17. The van der Waals surface area contributed by atoms with Gasteiger partial charge in [-0.2, -0.15) is 0 Å². The summed E-state index contributed by atoms with van der Waals surface area (Å²) in [6.45, 7) is 5.62. The minimum atomic E-state index is 0.125. The van der Waals surface area contributed by atoms with Crippen molar-refractivity contribution >= 4 is 17.7 Å². The van der Waals surface area contributed by atoms with E-state index < -0.39 is 0 Å². The normalized spacial score (nSPS) is 12.2. The molecule has 1 atom stereocenters. The van der Waals surface area contributed by atoms with Gasteiger partial charge in [-0.25, -0.2) is 0 Å². The lowest BCUT2D eigenvalue weighted by atomic mass is 10.2. The maximum absolute atomic E-state index is 11.6. The molecule has 0 bridgehead atoms. The molecule has 19 heavy (non-hydrogen) atoms. The van der Waals surface area contributed by atoms with Crippen molar-refractivity contribution in [2.45, 2.75) is 44.2 Å². The van der Waals surface area contributed by atoms with E-state index in [9.17, 15) is 4.79 Å². The number of hydrogen-bond donors (Lipinski definition) is 2. The highest BCUT2D eigenvalue weighted by Crippen LogP contribution is 2.14. The first-order chi connectivity index (χ1) is 9.15. The number of nitrogens with one attached hydrogen (secondary N) is 2. The predicted molar refractivity (Wildman–Crippen MR) is 82.4 cm³/mol. The molecule has 0 spiro atoms. The minimum absolute atomic E-state index is 0.125. The molecule has 3 nitrogen and oxygen atoms in total. The molecule has 2 N–H and O–H groups in total. The first kappa shape index (κ1) is 16.1. The van der Waals surface area contributed by atoms with E-state index in [1.807, 2.05) is 6.92 Å². The van der Waals surface area contributed by atoms with E-state index in [0.717, 1.165) is 13.0 Å². The molecule has 0 saturated carbocycles. The Morgan fingerprint density at radius 3 is 2.58 bits per heavy atom. The summed E-state index contributed by atoms with van der Waals surface area (Å²) in [5.74, 6) is 0.125. The summed E-state index contributed by atoms with van der Waals surface area (Å²) in [6, 6.07) is 8.76. The molecular formula is C15H24N2OS. The Morgan fingerprint density at radius 2 is 2.00 bits per heavy atom. The molecule has 0 aromatic heterocycles. The second-order valence-electron chi connectivity index (χ2n) is 4.65. The standard InChI is InChI=1S/C15H24N2OS/c1-4-12(2)17-15(18)9-10-16-11-13-5-7-14(19-3)8-6-13/h5-8,12,16H,4,9-11H2,1-3H3,(H,17,18). The molecule has 0 aliphatic rings. The van der Waals surface area contributed by atoms with Crippen LogP contribution in [-0.2, 0) is 11.3 Å². The highest BCUT2D eigenvalue weighted by molar-refractivity contribution is 7.98. The van der Waals surface area contributed by atoms with Gasteiger partial charge in [0.05, 0.1) is 0 Å². The maximum Gasteiger partial charge on any atom is 0.221 e. The van der Waals surface area contributed by atoms with E-state index in [0.29, 0.717) is 13.0 Å². The average molecular weight is 280 g/mol. The van der Waals surface area contributed by atoms with Crippen molar-refractivity contribution in [3.8, 4) is 0 Å². The third-order valence-electron chi connectivity index (χ3n) is 3.04. The fourth-order valence-electron chi connectivity index (χ4n) is 1.63. The molecule has 0 radical (unpaired) electrons. The van der Waals surface area contributed by atoms with Crippen LogP contribution in [0.25, 0.3) is 0 Å². The van der Waals surface area contributed by atoms with E-state index in [-0.39, 0.29) is 11.9 Å². The molecule has 1 aromatic rings. The first-order valence-electron chi connectivity index (χ1n) is 6.78. The molecular weight excluding hydrogens is 256 g/mol. The first-order valence-corrected chi connectivity index (χ1v) is 8.01. The Morgan fingerprint density at radius 1 is 1.32 bits per heavy atom. The van der Waals surface area contributed by atoms with Crippen molar-refractivity contribution in [1.82, 2.24) is 10.6 Å². The summed E-state index contributed by atoms with van der Waals surface area (Å²) in [5.41, 5.74) is 1.25. The summed E-state index contributed by atoms with van der Waals surface area (Å²) in [6.07, 6.45) is 3.58. The molecule has 4 heteroatoms. The summed E-state index contributed by atoms with van der Waals surface area (Å²) in [4.78, 5) is 12.8. The molecule has 0 aliphatic carbocycles. The van der Waals surface area contributed by atoms with Crippen molar-refractivity contribution in [2.75, 3.05) is 12.8 Å². The second kappa shape index (κ2) is 8.99. The largest absolute Gasteiger partial charge is 0.354 e. The third kappa shape index (κ3) is 6.64. The SMILES string of the molecule is CCC(C)NC(=O)CCNCc1ccc(SC)cc1. The molecule has 0 heterocycles. The van der Waals surface area contributed by atoms with Gasteiger partial charge in [-0.3, -0.25) is 4.79 Å². The Bertz CT molecular complexity index is 378. The van der Waals surface area contributed by atoms with Crippen LogP contribution in [0.2, 0.25) is 0 Å². The monoisotopic (exact) mass is 280 g/mol. The van der Waals surface area contributed by atoms with E-state index in [1.165, 1.54) is 10.5 Å². The minimum Gasteiger partial charge on any atom is -0.354 e. The zero-order valence-electron chi connectivity index (χ0n) is 12.0. The zero-order valence-corrected chi connectivity index (χ0v) is 12.8. The second-order valence-corrected chi connectivity index (χ2v) is 5.53. The van der Waals surface area contributed by atoms with Crippen LogP contribution >= 0.6 is 11.8 Å². The van der Waals surface area contributed by atoms with Gasteiger partial charge >= 0.3 is 0 Å². The van der Waals surface area contributed by atoms with Crippen molar-refractivity contribution < 1.29 is 4.79 Å². The summed E-state index contributed by atoms with van der Waals surface area (Å²) >= 11 is 1.74. The van der Waals surface area contributed by atoms with Gasteiger partial charge in [-0.1, -0.05) is 19.1 Å². The highest BCUT2D eigenvalue weighted by Gasteiger charge is 2.04. The van der Waals surface area contributed by atoms with Crippen molar-refractivity contribution in [2.24, 2.45) is 0 Å². The maximum atomic E-state index is 11.6. The number of carbonyl (C=O) groups excluding carboxylic acids is 1. The summed E-state index contributed by atoms with van der Waals surface area (Å²) in [5, 5.41) is 6.26. The van der Waals surface area contributed by atoms with E-state index in [1.54, 1.807) is 11.8 Å². The molecule has 0 saturated heterocycles. The molecule has 106 valence electrons. The van der Waals surface area contributed by atoms with Crippen LogP contribution in [0, 0.1) is 0 Å². The Labute approximate surface area is 120 Å². The van der Waals surface area contributed by atoms with Gasteiger partial charge in [-0.05, 0) is 37.3 Å². The number of amides is 1. The van der Waals surface area contributed by atoms with Crippen LogP contribution < -0.4 is 10.6 Å². The lowest BCUT2D eigenvalue weighted by Crippen LogP contribution is -2.33. The van der Waals surface area contributed by atoms with E-state index >= 15 is 0 Å².